The highest BCUT2D eigenvalue weighted by Crippen LogP contribution is 2.35. The molecule has 0 aliphatic carbocycles. The van der Waals surface area contributed by atoms with E-state index < -0.39 is 5.56 Å². The molecule has 0 amide bonds. The van der Waals surface area contributed by atoms with E-state index in [1.807, 2.05) is 36.4 Å². The maximum atomic E-state index is 12.1. The first-order chi connectivity index (χ1) is 11.7. The van der Waals surface area contributed by atoms with Gasteiger partial charge < -0.3 is 20.9 Å². The normalized spacial score (nSPS) is 14.0. The van der Waals surface area contributed by atoms with Crippen molar-refractivity contribution in [3.63, 3.8) is 0 Å². The summed E-state index contributed by atoms with van der Waals surface area (Å²) < 4.78 is 0. The first-order valence-electron chi connectivity index (χ1n) is 7.58. The average Bonchev–Trinajstić information content (AvgIpc) is 2.62. The average molecular weight is 320 g/mol. The highest BCUT2D eigenvalue weighted by molar-refractivity contribution is 5.87. The van der Waals surface area contributed by atoms with Crippen LogP contribution in [0.3, 0.4) is 0 Å². The third-order valence-electron chi connectivity index (χ3n) is 4.10. The number of aromatic nitrogens is 1. The fourth-order valence-electron chi connectivity index (χ4n) is 2.98. The van der Waals surface area contributed by atoms with E-state index in [4.69, 9.17) is 5.73 Å². The summed E-state index contributed by atoms with van der Waals surface area (Å²) in [6.07, 6.45) is 0. The molecule has 1 aromatic carbocycles. The van der Waals surface area contributed by atoms with Crippen molar-refractivity contribution in [2.75, 3.05) is 36.8 Å². The van der Waals surface area contributed by atoms with Crippen molar-refractivity contribution >= 4 is 11.5 Å². The minimum absolute atomic E-state index is 0.0217. The van der Waals surface area contributed by atoms with Gasteiger partial charge in [0.2, 0.25) is 0 Å². The molecule has 1 aromatic heterocycles. The summed E-state index contributed by atoms with van der Waals surface area (Å²) in [5.41, 5.74) is 7.11. The molecule has 0 spiro atoms. The molecule has 0 radical (unpaired) electrons. The molecule has 2 aromatic rings. The largest absolute Gasteiger partial charge is 0.384 e. The summed E-state index contributed by atoms with van der Waals surface area (Å²) in [6, 6.07) is 11.4. The minimum Gasteiger partial charge on any atom is -0.384 e. The summed E-state index contributed by atoms with van der Waals surface area (Å²) in [5, 5.41) is 22.2. The number of nitrogens with two attached hydrogens (primary N) is 1. The fraction of sp³-hybridized carbons (Fsp3) is 0.235. The molecule has 3 rings (SSSR count). The third kappa shape index (κ3) is 2.58. The van der Waals surface area contributed by atoms with Gasteiger partial charge in [0.05, 0.1) is 0 Å². The van der Waals surface area contributed by atoms with Crippen molar-refractivity contribution in [1.29, 1.82) is 10.5 Å². The molecule has 1 fully saturated rings. The molecule has 0 atom stereocenters. The Balaban J connectivity index is 2.30. The zero-order chi connectivity index (χ0) is 17.1. The van der Waals surface area contributed by atoms with Gasteiger partial charge in [-0.2, -0.15) is 10.5 Å². The minimum atomic E-state index is -0.584. The Kier molecular flexibility index (Phi) is 4.19. The standard InChI is InChI=1S/C17H16N6O/c18-9-12-15(13(10-19)17(24)22-16(12)20)11-3-1-2-4-14(11)23-7-5-21-6-8-23/h1-4,21H,5-8H2,(H3,20,22,24). The predicted molar refractivity (Wildman–Crippen MR) is 91.4 cm³/mol. The molecule has 0 unspecified atom stereocenters. The smallest absolute Gasteiger partial charge is 0.268 e. The number of nitrogens with zero attached hydrogens (tertiary/aromatic N) is 3. The van der Waals surface area contributed by atoms with Crippen LogP contribution in [0.25, 0.3) is 11.1 Å². The molecule has 2 heterocycles. The van der Waals surface area contributed by atoms with Crippen molar-refractivity contribution in [2.24, 2.45) is 0 Å². The number of H-pyrrole nitrogens is 1. The lowest BCUT2D eigenvalue weighted by molar-refractivity contribution is 0.589. The van der Waals surface area contributed by atoms with Gasteiger partial charge >= 0.3 is 0 Å². The zero-order valence-electron chi connectivity index (χ0n) is 13.0. The van der Waals surface area contributed by atoms with Gasteiger partial charge in [0, 0.05) is 43.0 Å². The molecule has 7 nitrogen and oxygen atoms in total. The Bertz CT molecular complexity index is 912. The Hall–Kier alpha value is -3.29. The summed E-state index contributed by atoms with van der Waals surface area (Å²) in [5.74, 6) is -0.0217. The number of pyridine rings is 1. The molecule has 0 bridgehead atoms. The lowest BCUT2D eigenvalue weighted by atomic mass is 9.94. The Labute approximate surface area is 138 Å². The maximum Gasteiger partial charge on any atom is 0.268 e. The molecular formula is C17H16N6O. The van der Waals surface area contributed by atoms with Crippen molar-refractivity contribution in [3.8, 4) is 23.3 Å². The second kappa shape index (κ2) is 6.45. The van der Waals surface area contributed by atoms with Gasteiger partial charge in [0.1, 0.15) is 29.1 Å². The van der Waals surface area contributed by atoms with E-state index in [-0.39, 0.29) is 16.9 Å². The van der Waals surface area contributed by atoms with E-state index in [0.717, 1.165) is 31.9 Å². The number of para-hydroxylation sites is 1. The lowest BCUT2D eigenvalue weighted by Gasteiger charge is -2.31. The van der Waals surface area contributed by atoms with Gasteiger partial charge in [0.15, 0.2) is 0 Å². The number of nitriles is 2. The lowest BCUT2D eigenvalue weighted by Crippen LogP contribution is -2.43. The second-order valence-corrected chi connectivity index (χ2v) is 5.47. The molecule has 24 heavy (non-hydrogen) atoms. The number of piperazine rings is 1. The fourth-order valence-corrected chi connectivity index (χ4v) is 2.98. The van der Waals surface area contributed by atoms with E-state index in [1.165, 1.54) is 0 Å². The van der Waals surface area contributed by atoms with E-state index in [9.17, 15) is 15.3 Å². The number of rotatable bonds is 2. The van der Waals surface area contributed by atoms with Gasteiger partial charge in [0.25, 0.3) is 5.56 Å². The molecule has 120 valence electrons. The molecular weight excluding hydrogens is 304 g/mol. The molecule has 7 heteroatoms. The topological polar surface area (TPSA) is 122 Å². The highest BCUT2D eigenvalue weighted by Gasteiger charge is 2.22. The van der Waals surface area contributed by atoms with E-state index in [0.29, 0.717) is 11.1 Å². The maximum absolute atomic E-state index is 12.1. The van der Waals surface area contributed by atoms with Crippen molar-refractivity contribution in [1.82, 2.24) is 10.3 Å². The predicted octanol–water partition coefficient (Wildman–Crippen LogP) is 0.777. The van der Waals surface area contributed by atoms with Crippen LogP contribution in [0.1, 0.15) is 11.1 Å². The number of hydrogen-bond acceptors (Lipinski definition) is 6. The highest BCUT2D eigenvalue weighted by atomic mass is 16.1. The van der Waals surface area contributed by atoms with Crippen LogP contribution in [0.15, 0.2) is 29.1 Å². The zero-order valence-corrected chi connectivity index (χ0v) is 13.0. The molecule has 1 aliphatic rings. The summed E-state index contributed by atoms with van der Waals surface area (Å²) in [7, 11) is 0. The molecule has 0 saturated carbocycles. The Morgan fingerprint density at radius 1 is 1.08 bits per heavy atom. The summed E-state index contributed by atoms with van der Waals surface area (Å²) in [6.45, 7) is 3.31. The number of nitrogens with one attached hydrogen (secondary N) is 2. The van der Waals surface area contributed by atoms with Crippen LogP contribution in [0.5, 0.6) is 0 Å². The van der Waals surface area contributed by atoms with Crippen LogP contribution in [0.2, 0.25) is 0 Å². The number of anilines is 2. The number of hydrogen-bond donors (Lipinski definition) is 3. The van der Waals surface area contributed by atoms with Gasteiger partial charge in [-0.25, -0.2) is 0 Å². The van der Waals surface area contributed by atoms with Crippen LogP contribution >= 0.6 is 0 Å². The SMILES string of the molecule is N#Cc1c(N)[nH]c(=O)c(C#N)c1-c1ccccc1N1CCNCC1. The van der Waals surface area contributed by atoms with Gasteiger partial charge in [-0.3, -0.25) is 4.79 Å². The van der Waals surface area contributed by atoms with E-state index >= 15 is 0 Å². The first-order valence-corrected chi connectivity index (χ1v) is 7.58. The Morgan fingerprint density at radius 2 is 1.75 bits per heavy atom. The van der Waals surface area contributed by atoms with Crippen molar-refractivity contribution < 1.29 is 0 Å². The third-order valence-corrected chi connectivity index (χ3v) is 4.10. The van der Waals surface area contributed by atoms with Crippen LogP contribution < -0.4 is 21.5 Å². The van der Waals surface area contributed by atoms with Crippen LogP contribution in [-0.2, 0) is 0 Å². The molecule has 4 N–H and O–H groups in total. The van der Waals surface area contributed by atoms with Crippen molar-refractivity contribution in [3.05, 3.63) is 45.7 Å². The van der Waals surface area contributed by atoms with Crippen LogP contribution in [-0.4, -0.2) is 31.2 Å². The molecule has 1 saturated heterocycles. The second-order valence-electron chi connectivity index (χ2n) is 5.47. The summed E-state index contributed by atoms with van der Waals surface area (Å²) in [4.78, 5) is 16.7. The molecule has 1 aliphatic heterocycles. The van der Waals surface area contributed by atoms with Crippen molar-refractivity contribution in [2.45, 2.75) is 0 Å². The monoisotopic (exact) mass is 320 g/mol. The van der Waals surface area contributed by atoms with Gasteiger partial charge in [-0.05, 0) is 6.07 Å². The number of nitrogen functional groups attached to an aromatic ring is 1. The van der Waals surface area contributed by atoms with E-state index in [1.54, 1.807) is 0 Å². The Morgan fingerprint density at radius 3 is 2.42 bits per heavy atom. The van der Waals surface area contributed by atoms with E-state index in [2.05, 4.69) is 15.2 Å². The first kappa shape index (κ1) is 15.6. The van der Waals surface area contributed by atoms with Gasteiger partial charge in [-0.15, -0.1) is 0 Å². The van der Waals surface area contributed by atoms with Crippen LogP contribution in [0.4, 0.5) is 11.5 Å². The van der Waals surface area contributed by atoms with Crippen LogP contribution in [0, 0.1) is 22.7 Å². The summed E-state index contributed by atoms with van der Waals surface area (Å²) >= 11 is 0. The number of benzene rings is 1. The quantitative estimate of drug-likeness (QED) is 0.751. The van der Waals surface area contributed by atoms with Gasteiger partial charge in [-0.1, -0.05) is 18.2 Å². The number of aromatic amines is 1.